The van der Waals surface area contributed by atoms with Gasteiger partial charge in [-0.05, 0) is 24.1 Å². The van der Waals surface area contributed by atoms with E-state index in [0.29, 0.717) is 18.1 Å². The number of aliphatic imine (C=N–C) groups is 1. The first kappa shape index (κ1) is 18.7. The number of nitrogens with zero attached hydrogens (tertiary/aromatic N) is 3. The van der Waals surface area contributed by atoms with Gasteiger partial charge in [-0.1, -0.05) is 23.9 Å². The Morgan fingerprint density at radius 3 is 2.77 bits per heavy atom. The lowest BCUT2D eigenvalue weighted by molar-refractivity contribution is -0.116. The number of hydrogen-bond acceptors (Lipinski definition) is 6. The van der Waals surface area contributed by atoms with Crippen molar-refractivity contribution in [1.82, 2.24) is 4.90 Å². The highest BCUT2D eigenvalue weighted by Gasteiger charge is 2.48. The maximum absolute atomic E-state index is 12.0. The van der Waals surface area contributed by atoms with Gasteiger partial charge in [0.1, 0.15) is 12.2 Å². The second-order valence-electron chi connectivity index (χ2n) is 6.22. The minimum Gasteiger partial charge on any atom is -0.497 e. The Kier molecular flexibility index (Phi) is 5.53. The van der Waals surface area contributed by atoms with Crippen LogP contribution in [0, 0.1) is 11.3 Å². The van der Waals surface area contributed by atoms with Crippen molar-refractivity contribution in [3.05, 3.63) is 29.8 Å². The molecule has 0 unspecified atom stereocenters. The average Bonchev–Trinajstić information content (AvgIpc) is 3.05. The van der Waals surface area contributed by atoms with E-state index in [4.69, 9.17) is 10.00 Å². The van der Waals surface area contributed by atoms with E-state index < -0.39 is 15.7 Å². The first-order valence-electron chi connectivity index (χ1n) is 8.17. The molecule has 7 nitrogen and oxygen atoms in total. The van der Waals surface area contributed by atoms with E-state index in [2.05, 4.69) is 4.99 Å². The average molecular weight is 393 g/mol. The summed E-state index contributed by atoms with van der Waals surface area (Å²) in [6, 6.07) is 9.30. The topological polar surface area (TPSA) is 99.8 Å². The van der Waals surface area contributed by atoms with Gasteiger partial charge in [0.2, 0.25) is 0 Å². The van der Waals surface area contributed by atoms with Crippen molar-refractivity contribution in [2.24, 2.45) is 4.99 Å². The highest BCUT2D eigenvalue weighted by Crippen LogP contribution is 2.38. The third-order valence-corrected chi connectivity index (χ3v) is 7.67. The van der Waals surface area contributed by atoms with E-state index in [1.807, 2.05) is 29.2 Å². The zero-order chi connectivity index (χ0) is 18.7. The molecule has 0 aromatic heterocycles. The molecule has 0 spiro atoms. The molecule has 0 N–H and O–H groups in total. The zero-order valence-electron chi connectivity index (χ0n) is 14.3. The van der Waals surface area contributed by atoms with Crippen LogP contribution in [0.15, 0.2) is 29.3 Å². The van der Waals surface area contributed by atoms with Crippen molar-refractivity contribution in [3.63, 3.8) is 0 Å². The summed E-state index contributed by atoms with van der Waals surface area (Å²) in [4.78, 5) is 17.7. The first-order valence-corrected chi connectivity index (χ1v) is 10.9. The van der Waals surface area contributed by atoms with E-state index in [1.165, 1.54) is 11.8 Å². The van der Waals surface area contributed by atoms with Gasteiger partial charge in [0.25, 0.3) is 5.91 Å². The van der Waals surface area contributed by atoms with Crippen LogP contribution < -0.4 is 4.74 Å². The van der Waals surface area contributed by atoms with Gasteiger partial charge < -0.3 is 9.64 Å². The van der Waals surface area contributed by atoms with Crippen molar-refractivity contribution < 1.29 is 17.9 Å². The summed E-state index contributed by atoms with van der Waals surface area (Å²) >= 11 is 1.33. The van der Waals surface area contributed by atoms with Gasteiger partial charge in [0, 0.05) is 11.8 Å². The van der Waals surface area contributed by atoms with Crippen LogP contribution >= 0.6 is 11.8 Å². The second kappa shape index (κ2) is 7.68. The van der Waals surface area contributed by atoms with Crippen LogP contribution in [0.2, 0.25) is 0 Å². The first-order chi connectivity index (χ1) is 12.4. The molecule has 3 rings (SSSR count). The Bertz CT molecular complexity index is 859. The number of benzene rings is 1. The van der Waals surface area contributed by atoms with Gasteiger partial charge in [0.05, 0.1) is 30.7 Å². The fourth-order valence-corrected chi connectivity index (χ4v) is 7.15. The minimum absolute atomic E-state index is 0.0821. The molecule has 1 aromatic carbocycles. The molecule has 1 amide bonds. The molecule has 2 aliphatic heterocycles. The lowest BCUT2D eigenvalue weighted by Crippen LogP contribution is -2.39. The number of hydrogen-bond donors (Lipinski definition) is 0. The van der Waals surface area contributed by atoms with Crippen LogP contribution in [-0.2, 0) is 21.1 Å². The van der Waals surface area contributed by atoms with Crippen molar-refractivity contribution in [3.8, 4) is 11.8 Å². The molecule has 2 atom stereocenters. The maximum atomic E-state index is 12.0. The number of nitriles is 1. The predicted octanol–water partition coefficient (Wildman–Crippen LogP) is 1.25. The van der Waals surface area contributed by atoms with Gasteiger partial charge in [-0.2, -0.15) is 10.3 Å². The fourth-order valence-electron chi connectivity index (χ4n) is 3.15. The number of sulfone groups is 1. The monoisotopic (exact) mass is 393 g/mol. The third kappa shape index (κ3) is 4.19. The number of carbonyl (C=O) groups excluding carboxylic acids is 1. The van der Waals surface area contributed by atoms with E-state index in [0.717, 1.165) is 11.3 Å². The summed E-state index contributed by atoms with van der Waals surface area (Å²) in [5.41, 5.74) is 1.09. The van der Waals surface area contributed by atoms with Crippen LogP contribution in [0.3, 0.4) is 0 Å². The lowest BCUT2D eigenvalue weighted by atomic mass is 10.1. The molecule has 0 aliphatic carbocycles. The smallest absolute Gasteiger partial charge is 0.262 e. The van der Waals surface area contributed by atoms with Crippen molar-refractivity contribution in [2.45, 2.75) is 24.1 Å². The maximum Gasteiger partial charge on any atom is 0.262 e. The molecule has 1 aromatic rings. The van der Waals surface area contributed by atoms with Crippen LogP contribution in [0.5, 0.6) is 5.75 Å². The van der Waals surface area contributed by atoms with Crippen LogP contribution in [0.4, 0.5) is 0 Å². The second-order valence-corrected chi connectivity index (χ2v) is 9.58. The summed E-state index contributed by atoms with van der Waals surface area (Å²) in [6.07, 6.45) is 0.420. The number of thioether (sulfide) groups is 1. The molecule has 0 radical (unpaired) electrons. The third-order valence-electron chi connectivity index (χ3n) is 4.43. The number of rotatable bonds is 5. The number of amides is 1. The molecule has 2 heterocycles. The molecule has 0 saturated carbocycles. The summed E-state index contributed by atoms with van der Waals surface area (Å²) in [6.45, 7) is 0.564. The molecule has 2 fully saturated rings. The number of methoxy groups -OCH3 is 1. The highest BCUT2D eigenvalue weighted by molar-refractivity contribution is 8.15. The van der Waals surface area contributed by atoms with Crippen LogP contribution in [-0.4, -0.2) is 60.8 Å². The lowest BCUT2D eigenvalue weighted by Gasteiger charge is -2.24. The SMILES string of the molecule is COc1ccc(CCN2C(=NC(=O)CC#N)S[C@H]3CS(=O)(=O)C[C@H]32)cc1. The minimum atomic E-state index is -3.06. The molecule has 0 bridgehead atoms. The van der Waals surface area contributed by atoms with Crippen LogP contribution in [0.1, 0.15) is 12.0 Å². The van der Waals surface area contributed by atoms with Crippen molar-refractivity contribution in [2.75, 3.05) is 25.2 Å². The van der Waals surface area contributed by atoms with Gasteiger partial charge >= 0.3 is 0 Å². The summed E-state index contributed by atoms with van der Waals surface area (Å²) < 4.78 is 29.1. The molecule has 9 heteroatoms. The van der Waals surface area contributed by atoms with E-state index in [9.17, 15) is 13.2 Å². The Labute approximate surface area is 157 Å². The zero-order valence-corrected chi connectivity index (χ0v) is 15.9. The quantitative estimate of drug-likeness (QED) is 0.742. The van der Waals surface area contributed by atoms with Crippen molar-refractivity contribution >= 4 is 32.7 Å². The number of carbonyl (C=O) groups is 1. The summed E-state index contributed by atoms with van der Waals surface area (Å²) in [5, 5.41) is 9.08. The van der Waals surface area contributed by atoms with Crippen LogP contribution in [0.25, 0.3) is 0 Å². The Balaban J connectivity index is 1.76. The van der Waals surface area contributed by atoms with Crippen molar-refractivity contribution in [1.29, 1.82) is 5.26 Å². The normalized spacial score (nSPS) is 25.1. The molecule has 138 valence electrons. The van der Waals surface area contributed by atoms with Gasteiger partial charge in [0.15, 0.2) is 15.0 Å². The summed E-state index contributed by atoms with van der Waals surface area (Å²) in [5.74, 6) is 0.468. The predicted molar refractivity (Wildman–Crippen MR) is 99.9 cm³/mol. The molecule has 2 saturated heterocycles. The Hall–Kier alpha value is -2.05. The molecule has 26 heavy (non-hydrogen) atoms. The van der Waals surface area contributed by atoms with Gasteiger partial charge in [-0.15, -0.1) is 0 Å². The fraction of sp³-hybridized carbons (Fsp3) is 0.471. The van der Waals surface area contributed by atoms with Gasteiger partial charge in [-0.3, -0.25) is 4.79 Å². The summed E-state index contributed by atoms with van der Waals surface area (Å²) in [7, 11) is -1.45. The molecule has 2 aliphatic rings. The van der Waals surface area contributed by atoms with E-state index in [1.54, 1.807) is 13.2 Å². The standard InChI is InChI=1S/C17H19N3O4S2/c1-24-13-4-2-12(3-5-13)7-9-20-14-10-26(22,23)11-15(14)25-17(20)19-16(21)6-8-18/h2-5,14-15H,6-7,9-11H2,1H3/t14-,15+/m1/s1. The number of ether oxygens (including phenoxy) is 1. The number of fused-ring (bicyclic) bond motifs is 1. The van der Waals surface area contributed by atoms with E-state index in [-0.39, 0.29) is 29.2 Å². The van der Waals surface area contributed by atoms with E-state index >= 15 is 0 Å². The molecular formula is C17H19N3O4S2. The largest absolute Gasteiger partial charge is 0.497 e. The Morgan fingerprint density at radius 2 is 2.12 bits per heavy atom. The molecular weight excluding hydrogens is 374 g/mol. The Morgan fingerprint density at radius 1 is 1.38 bits per heavy atom. The highest BCUT2D eigenvalue weighted by atomic mass is 32.2. The number of amidine groups is 1. The van der Waals surface area contributed by atoms with Gasteiger partial charge in [-0.25, -0.2) is 8.42 Å².